The molecule has 5 aromatic rings. The fourth-order valence-electron chi connectivity index (χ4n) is 5.00. The Morgan fingerprint density at radius 3 is 2.57 bits per heavy atom. The number of nitrogens with zero attached hydrogens (tertiary/aromatic N) is 2. The Hall–Kier alpha value is -3.26. The number of hydrogen-bond donors (Lipinski definition) is 1. The van der Waals surface area contributed by atoms with Gasteiger partial charge >= 0.3 is 0 Å². The zero-order chi connectivity index (χ0) is 24.5. The molecule has 0 spiro atoms. The van der Waals surface area contributed by atoms with E-state index in [1.54, 1.807) is 11.3 Å². The highest BCUT2D eigenvalue weighted by atomic mass is 35.5. The van der Waals surface area contributed by atoms with E-state index in [0.717, 1.165) is 64.1 Å². The van der Waals surface area contributed by atoms with E-state index < -0.39 is 0 Å². The highest BCUT2D eigenvalue weighted by Gasteiger charge is 2.21. The summed E-state index contributed by atoms with van der Waals surface area (Å²) < 4.78 is 17.3. The van der Waals surface area contributed by atoms with Crippen LogP contribution in [0.2, 0.25) is 0 Å². The first kappa shape index (κ1) is 25.4. The van der Waals surface area contributed by atoms with E-state index in [2.05, 4.69) is 27.4 Å². The van der Waals surface area contributed by atoms with Gasteiger partial charge < -0.3 is 23.9 Å². The number of carbonyl (C=O) groups is 1. The van der Waals surface area contributed by atoms with Crippen molar-refractivity contribution in [2.75, 3.05) is 19.7 Å². The number of aryl methyl sites for hydroxylation is 1. The molecule has 8 heteroatoms. The van der Waals surface area contributed by atoms with Crippen molar-refractivity contribution < 1.29 is 14.3 Å². The molecule has 6 rings (SSSR count). The first-order valence-corrected chi connectivity index (χ1v) is 13.3. The van der Waals surface area contributed by atoms with Gasteiger partial charge in [-0.1, -0.05) is 18.2 Å². The molecular weight excluding hydrogens is 506 g/mol. The molecule has 0 bridgehead atoms. The van der Waals surface area contributed by atoms with E-state index in [9.17, 15) is 4.79 Å². The fraction of sp³-hybridized carbons (Fsp3) is 0.276. The normalized spacial score (nSPS) is 14.1. The van der Waals surface area contributed by atoms with Crippen molar-refractivity contribution in [3.8, 4) is 11.5 Å². The standard InChI is InChI=1S/C29H29N3O3S.ClH/c1-31-26-12-17-36-28(26)18-27(31)29(33)24-19-32(25-5-3-2-4-23(24)25)15-16-34-20-6-8-21(9-7-20)35-22-10-13-30-14-11-22;/h2-9,12,17-19,22,30H,10-11,13-16H2,1H3;1H. The van der Waals surface area contributed by atoms with Crippen molar-refractivity contribution in [3.63, 3.8) is 0 Å². The summed E-state index contributed by atoms with van der Waals surface area (Å²) in [6, 6.07) is 20.0. The molecule has 2 aromatic carbocycles. The van der Waals surface area contributed by atoms with Crippen LogP contribution in [0.4, 0.5) is 0 Å². The predicted molar refractivity (Wildman–Crippen MR) is 152 cm³/mol. The summed E-state index contributed by atoms with van der Waals surface area (Å²) in [5.41, 5.74) is 3.56. The molecule has 0 aliphatic carbocycles. The Kier molecular flexibility index (Phi) is 7.55. The van der Waals surface area contributed by atoms with Crippen LogP contribution in [0, 0.1) is 0 Å². The van der Waals surface area contributed by atoms with Gasteiger partial charge in [0.25, 0.3) is 0 Å². The third-order valence-corrected chi connectivity index (χ3v) is 7.80. The third kappa shape index (κ3) is 5.12. The molecule has 192 valence electrons. The monoisotopic (exact) mass is 535 g/mol. The minimum atomic E-state index is 0. The van der Waals surface area contributed by atoms with Crippen LogP contribution in [-0.4, -0.2) is 40.7 Å². The number of halogens is 1. The summed E-state index contributed by atoms with van der Waals surface area (Å²) >= 11 is 1.66. The number of ether oxygens (including phenoxy) is 2. The number of hydrogen-bond acceptors (Lipinski definition) is 5. The van der Waals surface area contributed by atoms with E-state index >= 15 is 0 Å². The number of nitrogens with one attached hydrogen (secondary N) is 1. The molecule has 37 heavy (non-hydrogen) atoms. The van der Waals surface area contributed by atoms with E-state index in [1.165, 1.54) is 0 Å². The van der Waals surface area contributed by atoms with Gasteiger partial charge in [0.15, 0.2) is 0 Å². The smallest absolute Gasteiger partial charge is 0.211 e. The molecule has 0 atom stereocenters. The highest BCUT2D eigenvalue weighted by molar-refractivity contribution is 7.17. The SMILES string of the molecule is Cl.Cn1c(C(=O)c2cn(CCOc3ccc(OC4CCNCC4)cc3)c3ccccc23)cc2sccc21. The maximum absolute atomic E-state index is 13.6. The lowest BCUT2D eigenvalue weighted by Gasteiger charge is -2.23. The van der Waals surface area contributed by atoms with Gasteiger partial charge in [-0.15, -0.1) is 23.7 Å². The molecule has 1 N–H and O–H groups in total. The number of thiophene rings is 1. The Balaban J connectivity index is 0.00000280. The Morgan fingerprint density at radius 2 is 1.78 bits per heavy atom. The average molecular weight is 536 g/mol. The first-order chi connectivity index (χ1) is 17.7. The molecule has 1 saturated heterocycles. The number of para-hydroxylation sites is 1. The van der Waals surface area contributed by atoms with Crippen LogP contribution in [0.3, 0.4) is 0 Å². The minimum absolute atomic E-state index is 0. The van der Waals surface area contributed by atoms with Crippen molar-refractivity contribution >= 4 is 50.6 Å². The van der Waals surface area contributed by atoms with Crippen LogP contribution in [-0.2, 0) is 13.6 Å². The topological polar surface area (TPSA) is 57.4 Å². The largest absolute Gasteiger partial charge is 0.492 e. The van der Waals surface area contributed by atoms with Gasteiger partial charge in [0.2, 0.25) is 5.78 Å². The van der Waals surface area contributed by atoms with Crippen LogP contribution < -0.4 is 14.8 Å². The molecule has 1 aliphatic rings. The maximum Gasteiger partial charge on any atom is 0.211 e. The predicted octanol–water partition coefficient (Wildman–Crippen LogP) is 6.06. The minimum Gasteiger partial charge on any atom is -0.492 e. The van der Waals surface area contributed by atoms with Crippen LogP contribution in [0.25, 0.3) is 21.1 Å². The summed E-state index contributed by atoms with van der Waals surface area (Å²) in [6.45, 7) is 3.16. The van der Waals surface area contributed by atoms with Crippen LogP contribution in [0.5, 0.6) is 11.5 Å². The second-order valence-corrected chi connectivity index (χ2v) is 10.2. The number of carbonyl (C=O) groups excluding carboxylic acids is 1. The molecule has 1 aliphatic heterocycles. The number of rotatable bonds is 8. The number of aromatic nitrogens is 2. The zero-order valence-corrected chi connectivity index (χ0v) is 22.3. The first-order valence-electron chi connectivity index (χ1n) is 12.4. The summed E-state index contributed by atoms with van der Waals surface area (Å²) in [4.78, 5) is 13.6. The van der Waals surface area contributed by atoms with E-state index in [0.29, 0.717) is 18.8 Å². The second kappa shape index (κ2) is 11.0. The lowest BCUT2D eigenvalue weighted by atomic mass is 10.1. The molecule has 3 aromatic heterocycles. The third-order valence-electron chi connectivity index (χ3n) is 6.94. The molecule has 6 nitrogen and oxygen atoms in total. The molecule has 1 fully saturated rings. The van der Waals surface area contributed by atoms with Crippen LogP contribution in [0.1, 0.15) is 28.9 Å². The van der Waals surface area contributed by atoms with Gasteiger partial charge in [0.05, 0.1) is 22.5 Å². The van der Waals surface area contributed by atoms with E-state index in [4.69, 9.17) is 9.47 Å². The van der Waals surface area contributed by atoms with Crippen molar-refractivity contribution in [1.29, 1.82) is 0 Å². The van der Waals surface area contributed by atoms with Crippen molar-refractivity contribution in [3.05, 3.63) is 83.5 Å². The number of piperidine rings is 1. The molecule has 0 unspecified atom stereocenters. The van der Waals surface area contributed by atoms with Gasteiger partial charge in [-0.25, -0.2) is 0 Å². The van der Waals surface area contributed by atoms with Gasteiger partial charge in [-0.2, -0.15) is 0 Å². The molecule has 0 radical (unpaired) electrons. The average Bonchev–Trinajstić information content (AvgIpc) is 3.61. The van der Waals surface area contributed by atoms with E-state index in [1.807, 2.05) is 66.3 Å². The Labute approximate surface area is 226 Å². The van der Waals surface area contributed by atoms with Crippen molar-refractivity contribution in [1.82, 2.24) is 14.5 Å². The van der Waals surface area contributed by atoms with E-state index in [-0.39, 0.29) is 24.3 Å². The highest BCUT2D eigenvalue weighted by Crippen LogP contribution is 2.29. The van der Waals surface area contributed by atoms with Gasteiger partial charge in [-0.3, -0.25) is 4.79 Å². The fourth-order valence-corrected chi connectivity index (χ4v) is 5.85. The molecule has 0 saturated carbocycles. The van der Waals surface area contributed by atoms with Gasteiger partial charge in [0.1, 0.15) is 24.2 Å². The molecule has 4 heterocycles. The molecule has 0 amide bonds. The van der Waals surface area contributed by atoms with Crippen molar-refractivity contribution in [2.45, 2.75) is 25.5 Å². The quantitative estimate of drug-likeness (QED) is 0.245. The number of ketones is 1. The summed E-state index contributed by atoms with van der Waals surface area (Å²) in [7, 11) is 1.96. The van der Waals surface area contributed by atoms with Gasteiger partial charge in [-0.05, 0) is 73.8 Å². The number of benzene rings is 2. The zero-order valence-electron chi connectivity index (χ0n) is 20.7. The van der Waals surface area contributed by atoms with Crippen LogP contribution in [0.15, 0.2) is 72.2 Å². The van der Waals surface area contributed by atoms with Crippen molar-refractivity contribution in [2.24, 2.45) is 7.05 Å². The Bertz CT molecular complexity index is 1510. The summed E-state index contributed by atoms with van der Waals surface area (Å²) in [6.07, 6.45) is 4.32. The summed E-state index contributed by atoms with van der Waals surface area (Å²) in [5.74, 6) is 1.74. The second-order valence-electron chi connectivity index (χ2n) is 9.23. The number of fused-ring (bicyclic) bond motifs is 2. The maximum atomic E-state index is 13.6. The Morgan fingerprint density at radius 1 is 1.03 bits per heavy atom. The lowest BCUT2D eigenvalue weighted by Crippen LogP contribution is -2.34. The lowest BCUT2D eigenvalue weighted by molar-refractivity contribution is 0.103. The van der Waals surface area contributed by atoms with Crippen LogP contribution >= 0.6 is 23.7 Å². The summed E-state index contributed by atoms with van der Waals surface area (Å²) in [5, 5.41) is 6.38. The molecular formula is C29H30ClN3O3S. The van der Waals surface area contributed by atoms with Gasteiger partial charge in [0, 0.05) is 29.7 Å².